The van der Waals surface area contributed by atoms with Gasteiger partial charge in [-0.25, -0.2) is 14.2 Å². The van der Waals surface area contributed by atoms with Gasteiger partial charge in [-0.05, 0) is 68.3 Å². The highest BCUT2D eigenvalue weighted by molar-refractivity contribution is 6.31. The largest absolute Gasteiger partial charge is 0.465 e. The normalized spacial score (nSPS) is 20.1. The minimum atomic E-state index is -1.55. The quantitative estimate of drug-likeness (QED) is 0.144. The number of aryl methyl sites for hydroxylation is 1. The molecule has 1 saturated heterocycles. The number of aromatic nitrogens is 2. The Kier molecular flexibility index (Phi) is 11.7. The summed E-state index contributed by atoms with van der Waals surface area (Å²) in [4.78, 5) is 43.9. The highest BCUT2D eigenvalue weighted by atomic mass is 35.5. The van der Waals surface area contributed by atoms with E-state index >= 15 is 4.39 Å². The number of likely N-dealkylation sites (tertiary alicyclic amines) is 1. The summed E-state index contributed by atoms with van der Waals surface area (Å²) in [5, 5.41) is 3.44. The summed E-state index contributed by atoms with van der Waals surface area (Å²) in [6.07, 6.45) is 6.94. The molecule has 4 rings (SSSR count). The maximum atomic E-state index is 15.7. The summed E-state index contributed by atoms with van der Waals surface area (Å²) < 4.78 is 22.4. The molecule has 2 heterocycles. The summed E-state index contributed by atoms with van der Waals surface area (Å²) in [5.74, 6) is -2.51. The van der Waals surface area contributed by atoms with Gasteiger partial charge in [0.2, 0.25) is 6.41 Å². The maximum Gasteiger partial charge on any atom is 0.337 e. The monoisotopic (exact) mass is 628 g/mol. The summed E-state index contributed by atoms with van der Waals surface area (Å²) in [5.41, 5.74) is 0.649. The number of hydrogen-bond acceptors (Lipinski definition) is 5. The highest BCUT2D eigenvalue weighted by Crippen LogP contribution is 2.45. The number of esters is 1. The smallest absolute Gasteiger partial charge is 0.337 e. The molecule has 3 atom stereocenters. The van der Waals surface area contributed by atoms with Crippen LogP contribution in [0.5, 0.6) is 0 Å². The lowest BCUT2D eigenvalue weighted by atomic mass is 9.84. The SMILES string of the molecule is C=C(Cl)/C=C\C=C(/F)C1C[C@H](CCn2cnc3cc(C(=O)OC)ccc32)N(C=O)[C@@]1(C)C(=O)Nc1cccc(Cl)c1.CC. The molecule has 43 heavy (non-hydrogen) atoms. The first-order chi connectivity index (χ1) is 20.6. The van der Waals surface area contributed by atoms with Gasteiger partial charge in [0.15, 0.2) is 0 Å². The van der Waals surface area contributed by atoms with Crippen LogP contribution in [0.4, 0.5) is 10.1 Å². The first-order valence-corrected chi connectivity index (χ1v) is 14.6. The van der Waals surface area contributed by atoms with E-state index in [0.717, 1.165) is 5.52 Å². The Hall–Kier alpha value is -3.95. The lowest BCUT2D eigenvalue weighted by molar-refractivity contribution is -0.136. The topological polar surface area (TPSA) is 93.5 Å². The number of rotatable bonds is 10. The van der Waals surface area contributed by atoms with Gasteiger partial charge >= 0.3 is 5.97 Å². The molecule has 11 heteroatoms. The number of nitrogens with one attached hydrogen (secondary N) is 1. The van der Waals surface area contributed by atoms with Crippen LogP contribution in [-0.4, -0.2) is 51.4 Å². The molecule has 1 N–H and O–H groups in total. The lowest BCUT2D eigenvalue weighted by Gasteiger charge is -2.37. The molecular weight excluding hydrogens is 594 g/mol. The molecule has 1 fully saturated rings. The number of methoxy groups -OCH3 is 1. The van der Waals surface area contributed by atoms with Crippen LogP contribution < -0.4 is 5.32 Å². The van der Waals surface area contributed by atoms with Gasteiger partial charge in [0.25, 0.3) is 5.91 Å². The van der Waals surface area contributed by atoms with E-state index < -0.39 is 35.2 Å². The van der Waals surface area contributed by atoms with Crippen LogP contribution >= 0.6 is 23.2 Å². The van der Waals surface area contributed by atoms with Gasteiger partial charge in [-0.3, -0.25) is 9.59 Å². The molecule has 2 aromatic carbocycles. The van der Waals surface area contributed by atoms with Crippen molar-refractivity contribution in [3.63, 3.8) is 0 Å². The van der Waals surface area contributed by atoms with E-state index in [1.807, 2.05) is 18.4 Å². The van der Waals surface area contributed by atoms with Gasteiger partial charge in [-0.1, -0.05) is 55.8 Å². The van der Waals surface area contributed by atoms with Gasteiger partial charge in [0.1, 0.15) is 11.4 Å². The number of allylic oxidation sites excluding steroid dienone is 4. The van der Waals surface area contributed by atoms with Crippen LogP contribution in [-0.2, 0) is 20.9 Å². The zero-order valence-electron chi connectivity index (χ0n) is 24.5. The van der Waals surface area contributed by atoms with Crippen molar-refractivity contribution in [3.05, 3.63) is 95.0 Å². The average Bonchev–Trinajstić information content (AvgIpc) is 3.54. The molecule has 3 aromatic rings. The Morgan fingerprint density at radius 2 is 2.00 bits per heavy atom. The van der Waals surface area contributed by atoms with Crippen molar-refractivity contribution in [2.45, 2.75) is 51.7 Å². The number of anilines is 1. The fourth-order valence-corrected chi connectivity index (χ4v) is 5.51. The first kappa shape index (κ1) is 33.6. The van der Waals surface area contributed by atoms with Crippen molar-refractivity contribution in [3.8, 4) is 0 Å². The molecular formula is C32H35Cl2FN4O4. The fourth-order valence-electron chi connectivity index (χ4n) is 5.24. The molecule has 1 aliphatic heterocycles. The van der Waals surface area contributed by atoms with Crippen LogP contribution in [0.25, 0.3) is 11.0 Å². The lowest BCUT2D eigenvalue weighted by Crippen LogP contribution is -2.56. The Bertz CT molecular complexity index is 1550. The van der Waals surface area contributed by atoms with Crippen molar-refractivity contribution < 1.29 is 23.5 Å². The van der Waals surface area contributed by atoms with Crippen molar-refractivity contribution in [2.75, 3.05) is 12.4 Å². The standard InChI is InChI=1S/C30H29Cl2FN4O4.C2H6/c1-19(31)6-4-9-25(33)24-16-23(12-13-36-17-34-26-14-20(28(39)41-3)10-11-27(26)36)37(18-38)30(24,2)29(40)35-22-8-5-7-21(32)15-22;1-2/h4-11,14-15,17-18,23-24H,1,12-13,16H2,2-3H3,(H,35,40);1-2H3/b6-4-,25-9-;/t23-,24?,30+;/m0./s1. The first-order valence-electron chi connectivity index (χ1n) is 13.8. The fraction of sp³-hybridized carbons (Fsp3) is 0.312. The maximum absolute atomic E-state index is 15.7. The van der Waals surface area contributed by atoms with Gasteiger partial charge in [0.05, 0.1) is 30.0 Å². The predicted molar refractivity (Wildman–Crippen MR) is 169 cm³/mol. The second-order valence-corrected chi connectivity index (χ2v) is 10.8. The van der Waals surface area contributed by atoms with E-state index in [1.165, 1.54) is 30.2 Å². The molecule has 0 bridgehead atoms. The molecule has 2 amide bonds. The van der Waals surface area contributed by atoms with E-state index in [2.05, 4.69) is 16.9 Å². The molecule has 0 spiro atoms. The Morgan fingerprint density at radius 3 is 2.65 bits per heavy atom. The molecule has 0 saturated carbocycles. The predicted octanol–water partition coefficient (Wildman–Crippen LogP) is 7.30. The second kappa shape index (κ2) is 15.0. The minimum absolute atomic E-state index is 0.204. The van der Waals surface area contributed by atoms with Gasteiger partial charge < -0.3 is 19.5 Å². The van der Waals surface area contributed by atoms with Crippen molar-refractivity contribution in [2.24, 2.45) is 5.92 Å². The van der Waals surface area contributed by atoms with E-state index in [-0.39, 0.29) is 11.5 Å². The number of halogens is 3. The highest BCUT2D eigenvalue weighted by Gasteiger charge is 2.56. The number of hydrogen-bond donors (Lipinski definition) is 1. The van der Waals surface area contributed by atoms with Crippen LogP contribution in [0.15, 0.2) is 84.5 Å². The zero-order chi connectivity index (χ0) is 31.7. The van der Waals surface area contributed by atoms with Crippen LogP contribution in [0.3, 0.4) is 0 Å². The number of ether oxygens (including phenoxy) is 1. The molecule has 1 aromatic heterocycles. The molecule has 1 unspecified atom stereocenters. The summed E-state index contributed by atoms with van der Waals surface area (Å²) in [6, 6.07) is 11.2. The third kappa shape index (κ3) is 7.53. The number of carbonyl (C=O) groups is 3. The van der Waals surface area contributed by atoms with Crippen molar-refractivity contribution in [1.29, 1.82) is 0 Å². The van der Waals surface area contributed by atoms with Gasteiger partial charge in [-0.2, -0.15) is 0 Å². The Morgan fingerprint density at radius 1 is 1.26 bits per heavy atom. The van der Waals surface area contributed by atoms with E-state index in [1.54, 1.807) is 55.7 Å². The summed E-state index contributed by atoms with van der Waals surface area (Å²) in [7, 11) is 1.31. The van der Waals surface area contributed by atoms with Crippen molar-refractivity contribution in [1.82, 2.24) is 14.5 Å². The minimum Gasteiger partial charge on any atom is -0.465 e. The number of benzene rings is 2. The average molecular weight is 630 g/mol. The number of fused-ring (bicyclic) bond motifs is 1. The van der Waals surface area contributed by atoms with Crippen LogP contribution in [0.2, 0.25) is 5.02 Å². The summed E-state index contributed by atoms with van der Waals surface area (Å²) >= 11 is 11.9. The Balaban J connectivity index is 0.00000248. The van der Waals surface area contributed by atoms with Crippen LogP contribution in [0.1, 0.15) is 44.0 Å². The number of nitrogens with zero attached hydrogens (tertiary/aromatic N) is 3. The number of amides is 2. The third-order valence-corrected chi connectivity index (χ3v) is 7.74. The van der Waals surface area contributed by atoms with Gasteiger partial charge in [-0.15, -0.1) is 0 Å². The van der Waals surface area contributed by atoms with Crippen molar-refractivity contribution >= 4 is 58.2 Å². The van der Waals surface area contributed by atoms with Crippen LogP contribution in [0, 0.1) is 5.92 Å². The Labute approximate surface area is 260 Å². The van der Waals surface area contributed by atoms with E-state index in [9.17, 15) is 14.4 Å². The number of imidazole rings is 1. The van der Waals surface area contributed by atoms with E-state index in [4.69, 9.17) is 27.9 Å². The zero-order valence-corrected chi connectivity index (χ0v) is 26.0. The number of carbonyl (C=O) groups excluding carboxylic acids is 3. The molecule has 0 aliphatic carbocycles. The molecule has 0 radical (unpaired) electrons. The third-order valence-electron chi connectivity index (χ3n) is 7.38. The second-order valence-electron chi connectivity index (χ2n) is 9.85. The molecule has 8 nitrogen and oxygen atoms in total. The molecule has 1 aliphatic rings. The molecule has 228 valence electrons. The van der Waals surface area contributed by atoms with E-state index in [0.29, 0.717) is 41.2 Å². The summed E-state index contributed by atoms with van der Waals surface area (Å²) in [6.45, 7) is 9.54. The van der Waals surface area contributed by atoms with Gasteiger partial charge in [0, 0.05) is 34.2 Å².